The van der Waals surface area contributed by atoms with Crippen LogP contribution in [0.25, 0.3) is 0 Å². The first-order chi connectivity index (χ1) is 9.11. The van der Waals surface area contributed by atoms with E-state index in [1.54, 1.807) is 0 Å². The molecule has 1 N–H and O–H groups in total. The summed E-state index contributed by atoms with van der Waals surface area (Å²) in [6.45, 7) is 0. The van der Waals surface area contributed by atoms with Crippen molar-refractivity contribution in [1.29, 1.82) is 0 Å². The summed E-state index contributed by atoms with van der Waals surface area (Å²) in [6, 6.07) is 0. The topological polar surface area (TPSA) is 71.4 Å². The van der Waals surface area contributed by atoms with Gasteiger partial charge in [-0.05, 0) is 61.7 Å². The number of halogens is 2. The molecule has 4 saturated carbocycles. The molecular formula is C13H18F2O4S. The van der Waals surface area contributed by atoms with Crippen LogP contribution in [0.4, 0.5) is 8.78 Å². The third-order valence-electron chi connectivity index (χ3n) is 5.35. The van der Waals surface area contributed by atoms with Crippen molar-refractivity contribution in [2.75, 3.05) is 0 Å². The van der Waals surface area contributed by atoms with Crippen LogP contribution in [-0.2, 0) is 14.9 Å². The molecule has 0 saturated heterocycles. The normalized spacial score (nSPS) is 40.0. The van der Waals surface area contributed by atoms with Gasteiger partial charge in [-0.25, -0.2) is 0 Å². The maximum absolute atomic E-state index is 13.4. The lowest BCUT2D eigenvalue weighted by Gasteiger charge is -2.56. The second-order valence-corrected chi connectivity index (χ2v) is 8.47. The number of rotatable bonds is 4. The Balaban J connectivity index is 1.80. The highest BCUT2D eigenvalue weighted by Gasteiger charge is 2.57. The molecule has 4 nitrogen and oxygen atoms in total. The lowest BCUT2D eigenvalue weighted by molar-refractivity contribution is -0.141. The van der Waals surface area contributed by atoms with Gasteiger partial charge in [0.2, 0.25) is 5.78 Å². The molecule has 4 aliphatic rings. The Morgan fingerprint density at radius 3 is 1.85 bits per heavy atom. The maximum Gasteiger partial charge on any atom is 0.426 e. The van der Waals surface area contributed by atoms with Gasteiger partial charge in [0.25, 0.3) is 0 Å². The van der Waals surface area contributed by atoms with Crippen molar-refractivity contribution in [2.24, 2.45) is 23.2 Å². The number of hydrogen-bond donors (Lipinski definition) is 1. The minimum atomic E-state index is -5.67. The van der Waals surface area contributed by atoms with Crippen molar-refractivity contribution in [3.63, 3.8) is 0 Å². The monoisotopic (exact) mass is 308 g/mol. The molecule has 0 aliphatic heterocycles. The fourth-order valence-corrected chi connectivity index (χ4v) is 5.45. The predicted molar refractivity (Wildman–Crippen MR) is 66.7 cm³/mol. The third-order valence-corrected chi connectivity index (χ3v) is 6.22. The molecule has 0 atom stereocenters. The summed E-state index contributed by atoms with van der Waals surface area (Å²) in [7, 11) is -5.67. The SMILES string of the molecule is O=C(CC12CC3CC(CC(C3)C1)C2)C(F)(F)S(=O)(=O)O. The van der Waals surface area contributed by atoms with Crippen molar-refractivity contribution >= 4 is 15.9 Å². The fraction of sp³-hybridized carbons (Fsp3) is 0.923. The van der Waals surface area contributed by atoms with Crippen LogP contribution in [0.15, 0.2) is 0 Å². The standard InChI is InChI=1S/C13H18F2O4S/c14-13(15,20(17,18)19)11(16)7-12-4-8-1-9(5-12)3-10(2-8)6-12/h8-10H,1-7H2,(H,17,18,19). The molecule has 7 heteroatoms. The van der Waals surface area contributed by atoms with Crippen molar-refractivity contribution < 1.29 is 26.5 Å². The Kier molecular flexibility index (Phi) is 3.04. The quantitative estimate of drug-likeness (QED) is 0.810. The fourth-order valence-electron chi connectivity index (χ4n) is 5.09. The summed E-state index contributed by atoms with van der Waals surface area (Å²) in [4.78, 5) is 11.7. The summed E-state index contributed by atoms with van der Waals surface area (Å²) < 4.78 is 56.7. The zero-order valence-corrected chi connectivity index (χ0v) is 11.8. The van der Waals surface area contributed by atoms with Gasteiger partial charge >= 0.3 is 15.4 Å². The second-order valence-electron chi connectivity index (χ2n) is 7.01. The molecule has 20 heavy (non-hydrogen) atoms. The minimum absolute atomic E-state index is 0.427. The van der Waals surface area contributed by atoms with Crippen molar-refractivity contribution in [3.8, 4) is 0 Å². The van der Waals surface area contributed by atoms with Crippen molar-refractivity contribution in [1.82, 2.24) is 0 Å². The molecule has 4 fully saturated rings. The third kappa shape index (κ3) is 2.19. The zero-order chi connectivity index (χ0) is 14.8. The highest BCUT2D eigenvalue weighted by molar-refractivity contribution is 7.87. The molecule has 0 heterocycles. The molecule has 4 rings (SSSR count). The molecule has 4 bridgehead atoms. The van der Waals surface area contributed by atoms with Gasteiger partial charge in [-0.1, -0.05) is 0 Å². The van der Waals surface area contributed by atoms with Crippen LogP contribution in [0.2, 0.25) is 0 Å². The van der Waals surface area contributed by atoms with Crippen LogP contribution >= 0.6 is 0 Å². The molecule has 0 radical (unpaired) electrons. The maximum atomic E-state index is 13.4. The van der Waals surface area contributed by atoms with Crippen LogP contribution in [0.5, 0.6) is 0 Å². The van der Waals surface area contributed by atoms with E-state index in [0.717, 1.165) is 38.5 Å². The van der Waals surface area contributed by atoms with Gasteiger partial charge in [0, 0.05) is 6.42 Å². The molecule has 0 aromatic rings. The van der Waals surface area contributed by atoms with E-state index in [1.165, 1.54) is 0 Å². The Bertz CT molecular complexity index is 505. The minimum Gasteiger partial charge on any atom is -0.292 e. The Labute approximate surface area is 116 Å². The molecule has 0 amide bonds. The number of alkyl halides is 2. The van der Waals surface area contributed by atoms with Crippen LogP contribution < -0.4 is 0 Å². The van der Waals surface area contributed by atoms with E-state index >= 15 is 0 Å². The van der Waals surface area contributed by atoms with Crippen molar-refractivity contribution in [3.05, 3.63) is 0 Å². The van der Waals surface area contributed by atoms with E-state index in [4.69, 9.17) is 4.55 Å². The molecule has 0 unspecified atom stereocenters. The first kappa shape index (κ1) is 14.4. The highest BCUT2D eigenvalue weighted by atomic mass is 32.2. The summed E-state index contributed by atoms with van der Waals surface area (Å²) in [5.41, 5.74) is -0.458. The smallest absolute Gasteiger partial charge is 0.292 e. The van der Waals surface area contributed by atoms with Gasteiger partial charge in [0.1, 0.15) is 0 Å². The average molecular weight is 308 g/mol. The highest BCUT2D eigenvalue weighted by Crippen LogP contribution is 2.61. The molecule has 114 valence electrons. The first-order valence-corrected chi connectivity index (χ1v) is 8.43. The molecule has 4 aliphatic carbocycles. The van der Waals surface area contributed by atoms with E-state index in [9.17, 15) is 22.0 Å². The summed E-state index contributed by atoms with van der Waals surface area (Å²) in [6.07, 6.45) is 5.14. The predicted octanol–water partition coefficient (Wildman–Crippen LogP) is 2.64. The van der Waals surface area contributed by atoms with Gasteiger partial charge in [0.05, 0.1) is 0 Å². The Morgan fingerprint density at radius 2 is 1.50 bits per heavy atom. The molecule has 0 aromatic heterocycles. The van der Waals surface area contributed by atoms with Gasteiger partial charge in [-0.3, -0.25) is 9.35 Å². The lowest BCUT2D eigenvalue weighted by Crippen LogP contribution is -2.49. The largest absolute Gasteiger partial charge is 0.426 e. The van der Waals surface area contributed by atoms with Crippen LogP contribution in [0.3, 0.4) is 0 Å². The Morgan fingerprint density at radius 1 is 1.10 bits per heavy atom. The van der Waals surface area contributed by atoms with Crippen LogP contribution in [0, 0.1) is 23.2 Å². The van der Waals surface area contributed by atoms with Crippen LogP contribution in [-0.4, -0.2) is 24.0 Å². The van der Waals surface area contributed by atoms with E-state index in [-0.39, 0.29) is 0 Å². The number of carbonyl (C=O) groups excluding carboxylic acids is 1. The van der Waals surface area contributed by atoms with Gasteiger partial charge in [0.15, 0.2) is 0 Å². The van der Waals surface area contributed by atoms with Gasteiger partial charge < -0.3 is 0 Å². The second kappa shape index (κ2) is 4.22. The number of ketones is 1. The number of carbonyl (C=O) groups is 1. The molecule has 0 aromatic carbocycles. The molecular weight excluding hydrogens is 290 g/mol. The number of hydrogen-bond acceptors (Lipinski definition) is 3. The van der Waals surface area contributed by atoms with E-state index in [1.807, 2.05) is 0 Å². The van der Waals surface area contributed by atoms with E-state index < -0.39 is 33.0 Å². The van der Waals surface area contributed by atoms with Crippen molar-refractivity contribution in [2.45, 2.75) is 50.2 Å². The summed E-state index contributed by atoms with van der Waals surface area (Å²) >= 11 is 0. The first-order valence-electron chi connectivity index (χ1n) is 6.99. The summed E-state index contributed by atoms with van der Waals surface area (Å²) in [5, 5.41) is -4.67. The Hall–Kier alpha value is -0.560. The van der Waals surface area contributed by atoms with Gasteiger partial charge in [-0.2, -0.15) is 17.2 Å². The van der Waals surface area contributed by atoms with E-state index in [2.05, 4.69) is 0 Å². The lowest BCUT2D eigenvalue weighted by atomic mass is 9.48. The van der Waals surface area contributed by atoms with Gasteiger partial charge in [-0.15, -0.1) is 0 Å². The summed E-state index contributed by atoms with van der Waals surface area (Å²) in [5.74, 6) is -0.169. The van der Waals surface area contributed by atoms with E-state index in [0.29, 0.717) is 17.8 Å². The number of Topliss-reactive ketones (excluding diaryl/α,β-unsaturated/α-hetero) is 1. The molecule has 0 spiro atoms. The average Bonchev–Trinajstić information content (AvgIpc) is 2.24. The zero-order valence-electron chi connectivity index (χ0n) is 11.0. The van der Waals surface area contributed by atoms with Crippen LogP contribution in [0.1, 0.15) is 44.9 Å².